The zero-order valence-electron chi connectivity index (χ0n) is 12.7. The van der Waals surface area contributed by atoms with Gasteiger partial charge in [-0.3, -0.25) is 0 Å². The number of nitriles is 1. The molecule has 0 saturated carbocycles. The van der Waals surface area contributed by atoms with Crippen molar-refractivity contribution in [2.75, 3.05) is 7.11 Å². The van der Waals surface area contributed by atoms with Gasteiger partial charge in [0.25, 0.3) is 5.89 Å². The van der Waals surface area contributed by atoms with Crippen LogP contribution in [0.25, 0.3) is 11.5 Å². The number of benzene rings is 2. The van der Waals surface area contributed by atoms with Crippen molar-refractivity contribution < 1.29 is 14.0 Å². The van der Waals surface area contributed by atoms with E-state index in [9.17, 15) is 0 Å². The fourth-order valence-electron chi connectivity index (χ4n) is 1.99. The Labute approximate surface area is 143 Å². The minimum absolute atomic E-state index is 0.102. The van der Waals surface area contributed by atoms with Gasteiger partial charge in [0.05, 0.1) is 23.8 Å². The molecule has 3 aromatic rings. The van der Waals surface area contributed by atoms with E-state index in [-0.39, 0.29) is 6.61 Å². The minimum Gasteiger partial charge on any atom is -0.497 e. The van der Waals surface area contributed by atoms with Crippen molar-refractivity contribution in [1.82, 2.24) is 10.1 Å². The molecule has 6 nitrogen and oxygen atoms in total. The van der Waals surface area contributed by atoms with Gasteiger partial charge in [-0.1, -0.05) is 16.8 Å². The molecule has 0 atom stereocenters. The van der Waals surface area contributed by atoms with Gasteiger partial charge in [-0.2, -0.15) is 10.2 Å². The third kappa shape index (κ3) is 3.47. The number of hydrogen-bond donors (Lipinski definition) is 0. The lowest BCUT2D eigenvalue weighted by atomic mass is 10.2. The lowest BCUT2D eigenvalue weighted by molar-refractivity contribution is 0.287. The van der Waals surface area contributed by atoms with Crippen molar-refractivity contribution in [3.63, 3.8) is 0 Å². The van der Waals surface area contributed by atoms with E-state index < -0.39 is 0 Å². The highest BCUT2D eigenvalue weighted by Crippen LogP contribution is 2.26. The summed E-state index contributed by atoms with van der Waals surface area (Å²) in [6.45, 7) is 0.102. The molecule has 0 unspecified atom stereocenters. The zero-order valence-corrected chi connectivity index (χ0v) is 13.4. The molecule has 24 heavy (non-hydrogen) atoms. The standard InChI is InChI=1S/C17H12ClN3O3/c1-22-13-5-3-12(4-6-13)17-20-16(21-24-17)10-23-15-7-2-11(9-19)8-14(15)18/h2-8H,10H2,1H3. The highest BCUT2D eigenvalue weighted by atomic mass is 35.5. The van der Waals surface area contributed by atoms with Crippen molar-refractivity contribution in [1.29, 1.82) is 5.26 Å². The molecule has 0 aliphatic heterocycles. The Bertz CT molecular complexity index is 885. The third-order valence-electron chi connectivity index (χ3n) is 3.22. The number of nitrogens with zero attached hydrogens (tertiary/aromatic N) is 3. The van der Waals surface area contributed by atoms with Crippen molar-refractivity contribution in [3.05, 3.63) is 58.9 Å². The van der Waals surface area contributed by atoms with Gasteiger partial charge in [0.2, 0.25) is 5.82 Å². The highest BCUT2D eigenvalue weighted by Gasteiger charge is 2.11. The Morgan fingerprint density at radius 2 is 2.00 bits per heavy atom. The van der Waals surface area contributed by atoms with Gasteiger partial charge in [0, 0.05) is 5.56 Å². The van der Waals surface area contributed by atoms with Gasteiger partial charge >= 0.3 is 0 Å². The van der Waals surface area contributed by atoms with Crippen molar-refractivity contribution in [2.24, 2.45) is 0 Å². The molecular weight excluding hydrogens is 330 g/mol. The second-order valence-electron chi connectivity index (χ2n) is 4.79. The SMILES string of the molecule is COc1ccc(-c2nc(COc3ccc(C#N)cc3Cl)no2)cc1. The molecule has 0 saturated heterocycles. The van der Waals surface area contributed by atoms with Crippen LogP contribution in [0.15, 0.2) is 47.0 Å². The Kier molecular flexibility index (Phi) is 4.64. The molecule has 0 radical (unpaired) electrons. The summed E-state index contributed by atoms with van der Waals surface area (Å²) < 4.78 is 15.9. The second kappa shape index (κ2) is 7.02. The molecule has 1 aromatic heterocycles. The van der Waals surface area contributed by atoms with Crippen LogP contribution in [0.1, 0.15) is 11.4 Å². The van der Waals surface area contributed by atoms with Crippen LogP contribution >= 0.6 is 11.6 Å². The Morgan fingerprint density at radius 1 is 1.21 bits per heavy atom. The fourth-order valence-corrected chi connectivity index (χ4v) is 2.23. The van der Waals surface area contributed by atoms with Gasteiger partial charge in [-0.05, 0) is 42.5 Å². The first kappa shape index (κ1) is 15.8. The minimum atomic E-state index is 0.102. The van der Waals surface area contributed by atoms with E-state index in [0.717, 1.165) is 11.3 Å². The van der Waals surface area contributed by atoms with Crippen LogP contribution in [0.2, 0.25) is 5.02 Å². The number of rotatable bonds is 5. The molecule has 3 rings (SSSR count). The molecule has 0 amide bonds. The quantitative estimate of drug-likeness (QED) is 0.701. The maximum Gasteiger partial charge on any atom is 0.258 e. The van der Waals surface area contributed by atoms with Gasteiger partial charge in [0.1, 0.15) is 11.5 Å². The number of halogens is 1. The van der Waals surface area contributed by atoms with Gasteiger partial charge in [-0.25, -0.2) is 0 Å². The number of ether oxygens (including phenoxy) is 2. The van der Waals surface area contributed by atoms with Crippen LogP contribution in [-0.4, -0.2) is 17.3 Å². The average Bonchev–Trinajstić information content (AvgIpc) is 3.09. The monoisotopic (exact) mass is 341 g/mol. The average molecular weight is 342 g/mol. The maximum absolute atomic E-state index is 8.82. The largest absolute Gasteiger partial charge is 0.497 e. The summed E-state index contributed by atoms with van der Waals surface area (Å²) in [5, 5.41) is 13.0. The summed E-state index contributed by atoms with van der Waals surface area (Å²) in [4.78, 5) is 4.28. The van der Waals surface area contributed by atoms with Crippen LogP contribution in [0, 0.1) is 11.3 Å². The molecular formula is C17H12ClN3O3. The molecule has 0 aliphatic carbocycles. The summed E-state index contributed by atoms with van der Waals surface area (Å²) in [6, 6.07) is 14.1. The maximum atomic E-state index is 8.82. The van der Waals surface area contributed by atoms with E-state index in [1.54, 1.807) is 19.2 Å². The predicted molar refractivity (Wildman–Crippen MR) is 86.8 cm³/mol. The van der Waals surface area contributed by atoms with Crippen LogP contribution in [0.4, 0.5) is 0 Å². The van der Waals surface area contributed by atoms with Crippen LogP contribution in [0.3, 0.4) is 0 Å². The molecule has 7 heteroatoms. The molecule has 0 bridgehead atoms. The van der Waals surface area contributed by atoms with Crippen LogP contribution in [-0.2, 0) is 6.61 Å². The topological polar surface area (TPSA) is 81.2 Å². The van der Waals surface area contributed by atoms with Crippen LogP contribution < -0.4 is 9.47 Å². The zero-order chi connectivity index (χ0) is 16.9. The van der Waals surface area contributed by atoms with Crippen LogP contribution in [0.5, 0.6) is 11.5 Å². The normalized spacial score (nSPS) is 10.2. The number of aromatic nitrogens is 2. The molecule has 0 spiro atoms. The molecule has 0 aliphatic rings. The fraction of sp³-hybridized carbons (Fsp3) is 0.118. The first-order chi connectivity index (χ1) is 11.7. The van der Waals surface area contributed by atoms with E-state index in [4.69, 9.17) is 30.9 Å². The van der Waals surface area contributed by atoms with Gasteiger partial charge < -0.3 is 14.0 Å². The lowest BCUT2D eigenvalue weighted by Gasteiger charge is -2.05. The van der Waals surface area contributed by atoms with Gasteiger partial charge in [-0.15, -0.1) is 0 Å². The smallest absolute Gasteiger partial charge is 0.258 e. The first-order valence-corrected chi connectivity index (χ1v) is 7.37. The van der Waals surface area contributed by atoms with Crippen molar-refractivity contribution >= 4 is 11.6 Å². The molecule has 120 valence electrons. The molecule has 0 N–H and O–H groups in total. The summed E-state index contributed by atoms with van der Waals surface area (Å²) >= 11 is 6.05. The van der Waals surface area contributed by atoms with E-state index in [2.05, 4.69) is 10.1 Å². The van der Waals surface area contributed by atoms with E-state index >= 15 is 0 Å². The van der Waals surface area contributed by atoms with Crippen molar-refractivity contribution in [3.8, 4) is 29.0 Å². The Balaban J connectivity index is 1.69. The predicted octanol–water partition coefficient (Wildman–Crippen LogP) is 3.85. The summed E-state index contributed by atoms with van der Waals surface area (Å²) in [7, 11) is 1.60. The van der Waals surface area contributed by atoms with E-state index in [0.29, 0.717) is 28.1 Å². The second-order valence-corrected chi connectivity index (χ2v) is 5.20. The van der Waals surface area contributed by atoms with Crippen molar-refractivity contribution in [2.45, 2.75) is 6.61 Å². The highest BCUT2D eigenvalue weighted by molar-refractivity contribution is 6.32. The van der Waals surface area contributed by atoms with E-state index in [1.165, 1.54) is 6.07 Å². The number of methoxy groups -OCH3 is 1. The molecule has 0 fully saturated rings. The summed E-state index contributed by atoms with van der Waals surface area (Å²) in [5.41, 5.74) is 1.25. The Morgan fingerprint density at radius 3 is 2.67 bits per heavy atom. The Hall–Kier alpha value is -3.04. The molecule has 1 heterocycles. The first-order valence-electron chi connectivity index (χ1n) is 6.99. The van der Waals surface area contributed by atoms with Gasteiger partial charge in [0.15, 0.2) is 6.61 Å². The van der Waals surface area contributed by atoms with E-state index in [1.807, 2.05) is 30.3 Å². The summed E-state index contributed by atoms with van der Waals surface area (Å²) in [6.07, 6.45) is 0. The molecule has 2 aromatic carbocycles. The lowest BCUT2D eigenvalue weighted by Crippen LogP contribution is -1.98. The third-order valence-corrected chi connectivity index (χ3v) is 3.52. The summed E-state index contributed by atoms with van der Waals surface area (Å²) in [5.74, 6) is 1.98. The number of hydrogen-bond acceptors (Lipinski definition) is 6.